The SMILES string of the molecule is Cc1sc2nc(Cn3c(C)c(C)sc3=O)nc(Cl)c2c1C. The summed E-state index contributed by atoms with van der Waals surface area (Å²) < 4.78 is 1.70. The average Bonchev–Trinajstić information content (AvgIpc) is 2.82. The van der Waals surface area contributed by atoms with Crippen LogP contribution in [0.15, 0.2) is 4.79 Å². The summed E-state index contributed by atoms with van der Waals surface area (Å²) in [5.74, 6) is 0.580. The first-order chi connectivity index (χ1) is 9.88. The molecule has 0 aliphatic carbocycles. The quantitative estimate of drug-likeness (QED) is 0.666. The molecule has 0 bridgehead atoms. The molecular formula is C14H14ClN3OS2. The van der Waals surface area contributed by atoms with Crippen molar-refractivity contribution in [3.63, 3.8) is 0 Å². The molecule has 4 nitrogen and oxygen atoms in total. The zero-order valence-corrected chi connectivity index (χ0v) is 14.5. The Hall–Kier alpha value is -1.24. The van der Waals surface area contributed by atoms with E-state index in [0.29, 0.717) is 17.5 Å². The smallest absolute Gasteiger partial charge is 0.295 e. The molecule has 0 aromatic carbocycles. The number of thiophene rings is 1. The monoisotopic (exact) mass is 339 g/mol. The molecule has 0 spiro atoms. The molecule has 3 aromatic heterocycles. The Labute approximate surface area is 135 Å². The fraction of sp³-hybridized carbons (Fsp3) is 0.357. The molecule has 0 saturated carbocycles. The molecule has 0 amide bonds. The van der Waals surface area contributed by atoms with Crippen LogP contribution in [0.2, 0.25) is 5.15 Å². The maximum atomic E-state index is 12.0. The molecule has 110 valence electrons. The summed E-state index contributed by atoms with van der Waals surface area (Å²) in [5, 5.41) is 1.39. The van der Waals surface area contributed by atoms with Gasteiger partial charge in [0.1, 0.15) is 9.98 Å². The van der Waals surface area contributed by atoms with E-state index in [4.69, 9.17) is 11.6 Å². The molecular weight excluding hydrogens is 326 g/mol. The summed E-state index contributed by atoms with van der Waals surface area (Å²) in [5.41, 5.74) is 2.09. The first-order valence-corrected chi connectivity index (χ1v) is 8.48. The maximum absolute atomic E-state index is 12.0. The fourth-order valence-electron chi connectivity index (χ4n) is 2.22. The molecule has 0 unspecified atom stereocenters. The van der Waals surface area contributed by atoms with Crippen LogP contribution in [0.5, 0.6) is 0 Å². The standard InChI is InChI=1S/C14H14ClN3OS2/c1-6-8(3)20-13-11(6)12(15)16-10(17-13)5-18-7(2)9(4)21-14(18)19/h5H2,1-4H3. The van der Waals surface area contributed by atoms with Crippen LogP contribution in [-0.2, 0) is 6.54 Å². The van der Waals surface area contributed by atoms with E-state index in [0.717, 1.165) is 26.4 Å². The van der Waals surface area contributed by atoms with Crippen molar-refractivity contribution in [2.24, 2.45) is 0 Å². The first kappa shape index (κ1) is 14.7. The van der Waals surface area contributed by atoms with Crippen LogP contribution in [0.3, 0.4) is 0 Å². The largest absolute Gasteiger partial charge is 0.307 e. The number of nitrogens with zero attached hydrogens (tertiary/aromatic N) is 3. The van der Waals surface area contributed by atoms with Crippen molar-refractivity contribution >= 4 is 44.5 Å². The maximum Gasteiger partial charge on any atom is 0.307 e. The molecule has 0 radical (unpaired) electrons. The zero-order valence-electron chi connectivity index (χ0n) is 12.2. The van der Waals surface area contributed by atoms with Crippen LogP contribution >= 0.6 is 34.3 Å². The zero-order chi connectivity index (χ0) is 15.3. The Bertz CT molecular complexity index is 907. The number of rotatable bonds is 2. The summed E-state index contributed by atoms with van der Waals surface area (Å²) in [6, 6.07) is 0. The van der Waals surface area contributed by atoms with Crippen molar-refractivity contribution in [2.45, 2.75) is 34.2 Å². The number of fused-ring (bicyclic) bond motifs is 1. The van der Waals surface area contributed by atoms with E-state index in [1.165, 1.54) is 16.2 Å². The van der Waals surface area contributed by atoms with E-state index in [9.17, 15) is 4.79 Å². The normalized spacial score (nSPS) is 11.5. The van der Waals surface area contributed by atoms with Gasteiger partial charge in [0, 0.05) is 15.4 Å². The summed E-state index contributed by atoms with van der Waals surface area (Å²) >= 11 is 9.16. The van der Waals surface area contributed by atoms with Gasteiger partial charge in [0.05, 0.1) is 11.9 Å². The lowest BCUT2D eigenvalue weighted by atomic mass is 10.2. The summed E-state index contributed by atoms with van der Waals surface area (Å²) in [6.07, 6.45) is 0. The first-order valence-electron chi connectivity index (χ1n) is 6.47. The minimum Gasteiger partial charge on any atom is -0.295 e. The number of hydrogen-bond acceptors (Lipinski definition) is 5. The second kappa shape index (κ2) is 5.19. The number of aryl methyl sites for hydroxylation is 3. The van der Waals surface area contributed by atoms with E-state index in [1.807, 2.05) is 20.8 Å². The van der Waals surface area contributed by atoms with Crippen molar-refractivity contribution in [1.29, 1.82) is 0 Å². The van der Waals surface area contributed by atoms with Gasteiger partial charge in [0.15, 0.2) is 5.82 Å². The summed E-state index contributed by atoms with van der Waals surface area (Å²) in [4.78, 5) is 24.0. The van der Waals surface area contributed by atoms with Crippen molar-refractivity contribution in [3.05, 3.63) is 41.7 Å². The lowest BCUT2D eigenvalue weighted by Crippen LogP contribution is -2.17. The third-order valence-corrected chi connectivity index (χ3v) is 6.08. The van der Waals surface area contributed by atoms with Gasteiger partial charge in [-0.05, 0) is 33.3 Å². The number of hydrogen-bond donors (Lipinski definition) is 0. The van der Waals surface area contributed by atoms with Gasteiger partial charge in [-0.2, -0.15) is 0 Å². The van der Waals surface area contributed by atoms with Crippen LogP contribution in [0.4, 0.5) is 0 Å². The molecule has 3 heterocycles. The van der Waals surface area contributed by atoms with Crippen molar-refractivity contribution in [1.82, 2.24) is 14.5 Å². The van der Waals surface area contributed by atoms with Crippen LogP contribution in [0.25, 0.3) is 10.2 Å². The Morgan fingerprint density at radius 1 is 1.10 bits per heavy atom. The van der Waals surface area contributed by atoms with Gasteiger partial charge in [0.25, 0.3) is 0 Å². The molecule has 0 N–H and O–H groups in total. The van der Waals surface area contributed by atoms with Gasteiger partial charge < -0.3 is 0 Å². The van der Waals surface area contributed by atoms with Crippen LogP contribution in [0, 0.1) is 27.7 Å². The van der Waals surface area contributed by atoms with Gasteiger partial charge >= 0.3 is 4.87 Å². The Kier molecular flexibility index (Phi) is 3.63. The highest BCUT2D eigenvalue weighted by Gasteiger charge is 2.15. The molecule has 0 aliphatic rings. The summed E-state index contributed by atoms with van der Waals surface area (Å²) in [6.45, 7) is 8.32. The molecule has 0 saturated heterocycles. The van der Waals surface area contributed by atoms with Crippen LogP contribution in [-0.4, -0.2) is 14.5 Å². The van der Waals surface area contributed by atoms with E-state index < -0.39 is 0 Å². The van der Waals surface area contributed by atoms with Gasteiger partial charge in [-0.3, -0.25) is 9.36 Å². The highest BCUT2D eigenvalue weighted by Crippen LogP contribution is 2.33. The van der Waals surface area contributed by atoms with Gasteiger partial charge in [-0.25, -0.2) is 9.97 Å². The van der Waals surface area contributed by atoms with Crippen molar-refractivity contribution in [3.8, 4) is 0 Å². The molecule has 3 rings (SSSR count). The predicted molar refractivity (Wildman–Crippen MR) is 89.1 cm³/mol. The van der Waals surface area contributed by atoms with Crippen LogP contribution < -0.4 is 4.87 Å². The lowest BCUT2D eigenvalue weighted by Gasteiger charge is -2.05. The van der Waals surface area contributed by atoms with E-state index in [1.54, 1.807) is 15.9 Å². The topological polar surface area (TPSA) is 47.8 Å². The van der Waals surface area contributed by atoms with E-state index >= 15 is 0 Å². The second-order valence-corrected chi connectivity index (χ2v) is 7.72. The molecule has 7 heteroatoms. The minimum atomic E-state index is 0.0170. The predicted octanol–water partition coefficient (Wildman–Crippen LogP) is 3.85. The third-order valence-electron chi connectivity index (χ3n) is 3.71. The van der Waals surface area contributed by atoms with Crippen LogP contribution in [0.1, 0.15) is 26.8 Å². The Balaban J connectivity index is 2.12. The number of thiazole rings is 1. The van der Waals surface area contributed by atoms with Crippen molar-refractivity contribution < 1.29 is 0 Å². The Morgan fingerprint density at radius 3 is 2.43 bits per heavy atom. The van der Waals surface area contributed by atoms with Gasteiger partial charge in [0.2, 0.25) is 0 Å². The third kappa shape index (κ3) is 2.41. The molecule has 21 heavy (non-hydrogen) atoms. The highest BCUT2D eigenvalue weighted by molar-refractivity contribution is 7.18. The second-order valence-electron chi connectivity index (χ2n) is 4.99. The molecule has 0 atom stereocenters. The molecule has 0 fully saturated rings. The number of halogens is 1. The van der Waals surface area contributed by atoms with Gasteiger partial charge in [-0.15, -0.1) is 11.3 Å². The van der Waals surface area contributed by atoms with Gasteiger partial charge in [-0.1, -0.05) is 22.9 Å². The highest BCUT2D eigenvalue weighted by atomic mass is 35.5. The van der Waals surface area contributed by atoms with Crippen molar-refractivity contribution in [2.75, 3.05) is 0 Å². The minimum absolute atomic E-state index is 0.0170. The lowest BCUT2D eigenvalue weighted by molar-refractivity contribution is 0.713. The molecule has 3 aromatic rings. The Morgan fingerprint density at radius 2 is 1.81 bits per heavy atom. The van der Waals surface area contributed by atoms with E-state index in [2.05, 4.69) is 16.9 Å². The fourth-order valence-corrected chi connectivity index (χ4v) is 4.49. The summed E-state index contributed by atoms with van der Waals surface area (Å²) in [7, 11) is 0. The molecule has 0 aliphatic heterocycles. The number of aromatic nitrogens is 3. The van der Waals surface area contributed by atoms with E-state index in [-0.39, 0.29) is 4.87 Å². The average molecular weight is 340 g/mol.